The lowest BCUT2D eigenvalue weighted by molar-refractivity contribution is -0.142. The van der Waals surface area contributed by atoms with Crippen molar-refractivity contribution < 1.29 is 33.3 Å². The third-order valence-electron chi connectivity index (χ3n) is 4.18. The third kappa shape index (κ3) is 4.48. The predicted octanol–water partition coefficient (Wildman–Crippen LogP) is 2.51. The van der Waals surface area contributed by atoms with Crippen molar-refractivity contribution in [2.24, 2.45) is 0 Å². The third-order valence-corrected chi connectivity index (χ3v) is 4.98. The number of anilines is 1. The molecule has 0 bridgehead atoms. The first-order valence-corrected chi connectivity index (χ1v) is 9.70. The first kappa shape index (κ1) is 20.6. The zero-order valence-corrected chi connectivity index (χ0v) is 17.0. The number of benzene rings is 1. The van der Waals surface area contributed by atoms with E-state index in [0.717, 1.165) is 0 Å². The Morgan fingerprint density at radius 2 is 2.07 bits per heavy atom. The van der Waals surface area contributed by atoms with Crippen LogP contribution in [0, 0.1) is 0 Å². The van der Waals surface area contributed by atoms with Gasteiger partial charge in [0.25, 0.3) is 0 Å². The number of esters is 2. The van der Waals surface area contributed by atoms with Gasteiger partial charge < -0.3 is 24.3 Å². The van der Waals surface area contributed by atoms with Crippen molar-refractivity contribution >= 4 is 34.3 Å². The first-order valence-electron chi connectivity index (χ1n) is 8.82. The fourth-order valence-electron chi connectivity index (χ4n) is 2.97. The van der Waals surface area contributed by atoms with E-state index >= 15 is 0 Å². The maximum absolute atomic E-state index is 12.4. The Labute approximate surface area is 170 Å². The summed E-state index contributed by atoms with van der Waals surface area (Å²) in [5.74, 6) is -0.636. The van der Waals surface area contributed by atoms with Crippen LogP contribution < -0.4 is 14.8 Å². The highest BCUT2D eigenvalue weighted by Gasteiger charge is 2.37. The SMILES string of the molecule is CCOC(=O)Cc1csc(NC(=O)CC2OC(=O)c3c2ccc(OC)c3OC)n1. The molecule has 0 saturated heterocycles. The van der Waals surface area contributed by atoms with Gasteiger partial charge in [-0.2, -0.15) is 0 Å². The second kappa shape index (κ2) is 8.91. The molecule has 0 saturated carbocycles. The molecule has 9 nitrogen and oxygen atoms in total. The van der Waals surface area contributed by atoms with Gasteiger partial charge in [-0.05, 0) is 13.0 Å². The molecule has 10 heteroatoms. The van der Waals surface area contributed by atoms with E-state index in [4.69, 9.17) is 18.9 Å². The Balaban J connectivity index is 1.67. The van der Waals surface area contributed by atoms with Crippen LogP contribution in [0.1, 0.15) is 41.1 Å². The van der Waals surface area contributed by atoms with E-state index in [9.17, 15) is 14.4 Å². The maximum Gasteiger partial charge on any atom is 0.343 e. The number of carbonyl (C=O) groups excluding carboxylic acids is 3. The lowest BCUT2D eigenvalue weighted by atomic mass is 10.0. The number of nitrogens with one attached hydrogen (secondary N) is 1. The number of methoxy groups -OCH3 is 2. The molecule has 3 rings (SSSR count). The van der Waals surface area contributed by atoms with Crippen LogP contribution in [0.5, 0.6) is 11.5 Å². The van der Waals surface area contributed by atoms with Gasteiger partial charge in [-0.3, -0.25) is 9.59 Å². The van der Waals surface area contributed by atoms with Crippen molar-refractivity contribution in [2.45, 2.75) is 25.9 Å². The minimum Gasteiger partial charge on any atom is -0.493 e. The fraction of sp³-hybridized carbons (Fsp3) is 0.368. The van der Waals surface area contributed by atoms with E-state index in [-0.39, 0.29) is 36.0 Å². The Hall–Kier alpha value is -3.14. The summed E-state index contributed by atoms with van der Waals surface area (Å²) in [4.78, 5) is 40.4. The van der Waals surface area contributed by atoms with Gasteiger partial charge in [-0.15, -0.1) is 11.3 Å². The molecule has 0 radical (unpaired) electrons. The number of nitrogens with zero attached hydrogens (tertiary/aromatic N) is 1. The lowest BCUT2D eigenvalue weighted by Crippen LogP contribution is -2.16. The van der Waals surface area contributed by atoms with Crippen LogP contribution in [0.4, 0.5) is 5.13 Å². The van der Waals surface area contributed by atoms with Gasteiger partial charge >= 0.3 is 11.9 Å². The number of hydrogen-bond donors (Lipinski definition) is 1. The van der Waals surface area contributed by atoms with Crippen molar-refractivity contribution in [3.63, 3.8) is 0 Å². The van der Waals surface area contributed by atoms with Crippen LogP contribution in [0.25, 0.3) is 0 Å². The van der Waals surface area contributed by atoms with Crippen LogP contribution in [-0.4, -0.2) is 43.7 Å². The van der Waals surface area contributed by atoms with Gasteiger partial charge in [-0.25, -0.2) is 9.78 Å². The Kier molecular flexibility index (Phi) is 6.32. The van der Waals surface area contributed by atoms with Crippen LogP contribution in [-0.2, 0) is 25.5 Å². The molecule has 1 atom stereocenters. The summed E-state index contributed by atoms with van der Waals surface area (Å²) in [6.07, 6.45) is -0.785. The molecule has 1 aromatic carbocycles. The average Bonchev–Trinajstić information content (AvgIpc) is 3.25. The molecule has 0 spiro atoms. The molecular formula is C19H20N2O7S. The highest BCUT2D eigenvalue weighted by molar-refractivity contribution is 7.13. The summed E-state index contributed by atoms with van der Waals surface area (Å²) >= 11 is 1.20. The molecule has 2 heterocycles. The Bertz CT molecular complexity index is 941. The number of hydrogen-bond acceptors (Lipinski definition) is 9. The standard InChI is InChI=1S/C19H20N2O7S/c1-4-27-15(23)7-10-9-29-19(20-10)21-14(22)8-13-11-5-6-12(25-2)17(26-3)16(11)18(24)28-13/h5-6,9,13H,4,7-8H2,1-3H3,(H,20,21,22). The Morgan fingerprint density at radius 1 is 1.28 bits per heavy atom. The molecule has 1 aromatic heterocycles. The van der Waals surface area contributed by atoms with E-state index in [0.29, 0.717) is 28.7 Å². The summed E-state index contributed by atoms with van der Waals surface area (Å²) in [5.41, 5.74) is 1.33. The fourth-order valence-corrected chi connectivity index (χ4v) is 3.69. The number of cyclic esters (lactones) is 1. The van der Waals surface area contributed by atoms with E-state index in [1.807, 2.05) is 0 Å². The zero-order valence-electron chi connectivity index (χ0n) is 16.1. The van der Waals surface area contributed by atoms with Crippen LogP contribution in [0.2, 0.25) is 0 Å². The highest BCUT2D eigenvalue weighted by atomic mass is 32.1. The van der Waals surface area contributed by atoms with Gasteiger partial charge in [0.1, 0.15) is 11.7 Å². The summed E-state index contributed by atoms with van der Waals surface area (Å²) < 4.78 is 20.7. The van der Waals surface area contributed by atoms with Crippen molar-refractivity contribution in [1.82, 2.24) is 4.98 Å². The van der Waals surface area contributed by atoms with Crippen LogP contribution in [0.3, 0.4) is 0 Å². The second-order valence-electron chi connectivity index (χ2n) is 6.04. The van der Waals surface area contributed by atoms with Gasteiger partial charge in [0, 0.05) is 10.9 Å². The quantitative estimate of drug-likeness (QED) is 0.648. The second-order valence-corrected chi connectivity index (χ2v) is 6.90. The number of thiazole rings is 1. The normalized spacial score (nSPS) is 14.7. The molecule has 29 heavy (non-hydrogen) atoms. The lowest BCUT2D eigenvalue weighted by Gasteiger charge is -2.12. The van der Waals surface area contributed by atoms with Gasteiger partial charge in [0.05, 0.1) is 39.4 Å². The summed E-state index contributed by atoms with van der Waals surface area (Å²) in [6.45, 7) is 2.02. The molecule has 1 N–H and O–H groups in total. The van der Waals surface area contributed by atoms with Crippen LogP contribution >= 0.6 is 11.3 Å². The maximum atomic E-state index is 12.4. The molecule has 1 aliphatic heterocycles. The summed E-state index contributed by atoms with van der Waals surface area (Å²) in [5, 5.41) is 4.69. The van der Waals surface area contributed by atoms with E-state index in [2.05, 4.69) is 10.3 Å². The number of rotatable bonds is 8. The van der Waals surface area contributed by atoms with Crippen molar-refractivity contribution in [3.8, 4) is 11.5 Å². The molecule has 1 amide bonds. The first-order chi connectivity index (χ1) is 14.0. The molecule has 2 aromatic rings. The van der Waals surface area contributed by atoms with E-state index in [1.165, 1.54) is 25.6 Å². The van der Waals surface area contributed by atoms with Crippen molar-refractivity contribution in [3.05, 3.63) is 34.3 Å². The molecule has 0 aliphatic carbocycles. The topological polar surface area (TPSA) is 113 Å². The molecule has 0 fully saturated rings. The number of fused-ring (bicyclic) bond motifs is 1. The number of amides is 1. The molecule has 1 unspecified atom stereocenters. The largest absolute Gasteiger partial charge is 0.493 e. The highest BCUT2D eigenvalue weighted by Crippen LogP contribution is 2.43. The summed E-state index contributed by atoms with van der Waals surface area (Å²) in [6, 6.07) is 3.34. The molecular weight excluding hydrogens is 400 g/mol. The minimum atomic E-state index is -0.740. The van der Waals surface area contributed by atoms with E-state index < -0.39 is 12.1 Å². The van der Waals surface area contributed by atoms with Crippen molar-refractivity contribution in [2.75, 3.05) is 26.1 Å². The smallest absolute Gasteiger partial charge is 0.343 e. The monoisotopic (exact) mass is 420 g/mol. The van der Waals surface area contributed by atoms with Crippen molar-refractivity contribution in [1.29, 1.82) is 0 Å². The number of carbonyl (C=O) groups is 3. The van der Waals surface area contributed by atoms with E-state index in [1.54, 1.807) is 24.4 Å². The minimum absolute atomic E-state index is 0.0372. The van der Waals surface area contributed by atoms with Crippen LogP contribution in [0.15, 0.2) is 17.5 Å². The van der Waals surface area contributed by atoms with Gasteiger partial charge in [0.2, 0.25) is 5.91 Å². The molecule has 1 aliphatic rings. The van der Waals surface area contributed by atoms with Gasteiger partial charge in [-0.1, -0.05) is 6.07 Å². The number of ether oxygens (including phenoxy) is 4. The summed E-state index contributed by atoms with van der Waals surface area (Å²) in [7, 11) is 2.90. The Morgan fingerprint density at radius 3 is 2.76 bits per heavy atom. The average molecular weight is 420 g/mol. The number of aromatic nitrogens is 1. The zero-order chi connectivity index (χ0) is 21.0. The van der Waals surface area contributed by atoms with Gasteiger partial charge in [0.15, 0.2) is 16.6 Å². The predicted molar refractivity (Wildman–Crippen MR) is 103 cm³/mol. The molecule has 154 valence electrons.